The second kappa shape index (κ2) is 6.67. The van der Waals surface area contributed by atoms with E-state index < -0.39 is 0 Å². The molecule has 1 atom stereocenters. The number of nitrogens with zero attached hydrogens (tertiary/aromatic N) is 1. The highest BCUT2D eigenvalue weighted by Gasteiger charge is 2.22. The minimum absolute atomic E-state index is 0.204. The van der Waals surface area contributed by atoms with E-state index in [1.807, 2.05) is 6.07 Å². The first kappa shape index (κ1) is 14.0. The lowest BCUT2D eigenvalue weighted by Gasteiger charge is -2.16. The van der Waals surface area contributed by atoms with Gasteiger partial charge in [-0.25, -0.2) is 4.39 Å². The number of nitrogens with two attached hydrogens (primary N) is 1. The molecule has 1 fully saturated rings. The van der Waals surface area contributed by atoms with Crippen molar-refractivity contribution >= 4 is 0 Å². The normalized spacial score (nSPS) is 19.2. The molecule has 4 heteroatoms. The molecule has 1 saturated heterocycles. The Bertz CT molecular complexity index is 493. The van der Waals surface area contributed by atoms with Crippen LogP contribution in [0.4, 0.5) is 4.39 Å². The van der Waals surface area contributed by atoms with Crippen LogP contribution in [0.15, 0.2) is 18.2 Å². The van der Waals surface area contributed by atoms with Crippen molar-refractivity contribution in [3.05, 3.63) is 35.1 Å². The molecule has 3 nitrogen and oxygen atoms in total. The summed E-state index contributed by atoms with van der Waals surface area (Å²) in [4.78, 5) is 2.21. The number of hydrogen-bond acceptors (Lipinski definition) is 3. The summed E-state index contributed by atoms with van der Waals surface area (Å²) in [5, 5.41) is 0. The maximum atomic E-state index is 14.0. The van der Waals surface area contributed by atoms with E-state index in [2.05, 4.69) is 16.7 Å². The second-order valence-electron chi connectivity index (χ2n) is 4.69. The topological polar surface area (TPSA) is 38.5 Å². The number of methoxy groups -OCH3 is 1. The summed E-state index contributed by atoms with van der Waals surface area (Å²) < 4.78 is 19.3. The fraction of sp³-hybridized carbons (Fsp3) is 0.467. The molecule has 1 aromatic rings. The number of halogens is 1. The number of ether oxygens (including phenoxy) is 1. The van der Waals surface area contributed by atoms with Crippen molar-refractivity contribution in [1.82, 2.24) is 4.90 Å². The van der Waals surface area contributed by atoms with Crippen molar-refractivity contribution in [2.75, 3.05) is 26.7 Å². The van der Waals surface area contributed by atoms with Gasteiger partial charge in [-0.05, 0) is 18.6 Å². The first-order chi connectivity index (χ1) is 9.22. The minimum atomic E-state index is -0.204. The van der Waals surface area contributed by atoms with E-state index in [1.165, 1.54) is 6.07 Å². The predicted molar refractivity (Wildman–Crippen MR) is 73.0 cm³/mol. The highest BCUT2D eigenvalue weighted by molar-refractivity contribution is 5.37. The summed E-state index contributed by atoms with van der Waals surface area (Å²) in [6, 6.07) is 5.11. The van der Waals surface area contributed by atoms with Crippen LogP contribution < -0.4 is 5.73 Å². The van der Waals surface area contributed by atoms with Crippen molar-refractivity contribution in [3.63, 3.8) is 0 Å². The largest absolute Gasteiger partial charge is 0.380 e. The molecule has 0 aliphatic carbocycles. The van der Waals surface area contributed by atoms with Gasteiger partial charge in [0.2, 0.25) is 0 Å². The summed E-state index contributed by atoms with van der Waals surface area (Å²) in [5.74, 6) is 5.35. The van der Waals surface area contributed by atoms with Crippen LogP contribution in [0.2, 0.25) is 0 Å². The Balaban J connectivity index is 2.01. The highest BCUT2D eigenvalue weighted by atomic mass is 19.1. The molecule has 1 heterocycles. The van der Waals surface area contributed by atoms with E-state index in [9.17, 15) is 4.39 Å². The molecule has 102 valence electrons. The van der Waals surface area contributed by atoms with Crippen LogP contribution in [0.3, 0.4) is 0 Å². The van der Waals surface area contributed by atoms with Gasteiger partial charge < -0.3 is 10.5 Å². The lowest BCUT2D eigenvalue weighted by molar-refractivity contribution is 0.107. The van der Waals surface area contributed by atoms with Gasteiger partial charge in [0.05, 0.1) is 12.6 Å². The summed E-state index contributed by atoms with van der Waals surface area (Å²) in [5.41, 5.74) is 6.67. The SMILES string of the molecule is COC1CCN(Cc2ccc(C#CCN)cc2F)C1. The van der Waals surface area contributed by atoms with Gasteiger partial charge in [0, 0.05) is 37.9 Å². The van der Waals surface area contributed by atoms with E-state index in [0.717, 1.165) is 19.5 Å². The molecule has 0 aromatic heterocycles. The van der Waals surface area contributed by atoms with Gasteiger partial charge in [-0.1, -0.05) is 17.9 Å². The Morgan fingerprint density at radius 3 is 3.00 bits per heavy atom. The first-order valence-electron chi connectivity index (χ1n) is 6.45. The summed E-state index contributed by atoms with van der Waals surface area (Å²) in [7, 11) is 1.72. The summed E-state index contributed by atoms with van der Waals surface area (Å²) in [6.07, 6.45) is 1.29. The molecule has 2 rings (SSSR count). The average Bonchev–Trinajstić information content (AvgIpc) is 2.87. The maximum absolute atomic E-state index is 14.0. The fourth-order valence-corrected chi connectivity index (χ4v) is 2.28. The first-order valence-corrected chi connectivity index (χ1v) is 6.45. The minimum Gasteiger partial charge on any atom is -0.380 e. The third kappa shape index (κ3) is 3.77. The number of benzene rings is 1. The average molecular weight is 262 g/mol. The van der Waals surface area contributed by atoms with Crippen molar-refractivity contribution < 1.29 is 9.13 Å². The molecule has 1 unspecified atom stereocenters. The Labute approximate surface area is 113 Å². The van der Waals surface area contributed by atoms with E-state index in [4.69, 9.17) is 10.5 Å². The molecule has 0 amide bonds. The number of hydrogen-bond donors (Lipinski definition) is 1. The molecule has 19 heavy (non-hydrogen) atoms. The Hall–Kier alpha value is -1.41. The van der Waals surface area contributed by atoms with Crippen LogP contribution in [-0.4, -0.2) is 37.7 Å². The zero-order chi connectivity index (χ0) is 13.7. The maximum Gasteiger partial charge on any atom is 0.128 e. The van der Waals surface area contributed by atoms with Gasteiger partial charge in [-0.15, -0.1) is 0 Å². The van der Waals surface area contributed by atoms with Crippen LogP contribution in [0, 0.1) is 17.7 Å². The molecule has 2 N–H and O–H groups in total. The molecule has 0 radical (unpaired) electrons. The van der Waals surface area contributed by atoms with E-state index >= 15 is 0 Å². The zero-order valence-electron chi connectivity index (χ0n) is 11.2. The smallest absolute Gasteiger partial charge is 0.128 e. The van der Waals surface area contributed by atoms with Crippen LogP contribution in [0.1, 0.15) is 17.5 Å². The van der Waals surface area contributed by atoms with Gasteiger partial charge in [-0.3, -0.25) is 4.90 Å². The van der Waals surface area contributed by atoms with Gasteiger partial charge in [0.15, 0.2) is 0 Å². The van der Waals surface area contributed by atoms with Crippen molar-refractivity contribution in [1.29, 1.82) is 0 Å². The number of likely N-dealkylation sites (tertiary alicyclic amines) is 1. The van der Waals surface area contributed by atoms with E-state index in [-0.39, 0.29) is 18.5 Å². The summed E-state index contributed by atoms with van der Waals surface area (Å²) in [6.45, 7) is 2.73. The Morgan fingerprint density at radius 2 is 2.37 bits per heavy atom. The third-order valence-corrected chi connectivity index (χ3v) is 3.34. The highest BCUT2D eigenvalue weighted by Crippen LogP contribution is 2.17. The summed E-state index contributed by atoms with van der Waals surface area (Å²) >= 11 is 0. The fourth-order valence-electron chi connectivity index (χ4n) is 2.28. The van der Waals surface area contributed by atoms with Crippen LogP contribution in [0.5, 0.6) is 0 Å². The Kier molecular flexibility index (Phi) is 4.92. The van der Waals surface area contributed by atoms with Gasteiger partial charge in [0.25, 0.3) is 0 Å². The molecule has 1 aliphatic heterocycles. The van der Waals surface area contributed by atoms with Crippen LogP contribution in [-0.2, 0) is 11.3 Å². The molecule has 0 spiro atoms. The second-order valence-corrected chi connectivity index (χ2v) is 4.69. The van der Waals surface area contributed by atoms with Crippen LogP contribution >= 0.6 is 0 Å². The van der Waals surface area contributed by atoms with E-state index in [0.29, 0.717) is 17.7 Å². The monoisotopic (exact) mass is 262 g/mol. The molecule has 1 aromatic carbocycles. The quantitative estimate of drug-likeness (QED) is 0.836. The number of rotatable bonds is 3. The van der Waals surface area contributed by atoms with Crippen molar-refractivity contribution in [2.45, 2.75) is 19.1 Å². The van der Waals surface area contributed by atoms with Gasteiger partial charge in [-0.2, -0.15) is 0 Å². The molecule has 0 saturated carbocycles. The zero-order valence-corrected chi connectivity index (χ0v) is 11.2. The predicted octanol–water partition coefficient (Wildman–Crippen LogP) is 1.36. The standard InChI is InChI=1S/C15H19FN2O/c1-19-14-6-8-18(11-14)10-13-5-4-12(3-2-7-17)9-15(13)16/h4-5,9,14H,6-8,10-11,17H2,1H3. The molecular formula is C15H19FN2O. The Morgan fingerprint density at radius 1 is 1.53 bits per heavy atom. The van der Waals surface area contributed by atoms with Crippen molar-refractivity contribution in [3.8, 4) is 11.8 Å². The molecule has 0 bridgehead atoms. The lowest BCUT2D eigenvalue weighted by Crippen LogP contribution is -2.22. The van der Waals surface area contributed by atoms with Crippen LogP contribution in [0.25, 0.3) is 0 Å². The van der Waals surface area contributed by atoms with E-state index in [1.54, 1.807) is 13.2 Å². The van der Waals surface area contributed by atoms with Gasteiger partial charge >= 0.3 is 0 Å². The lowest BCUT2D eigenvalue weighted by atomic mass is 10.1. The third-order valence-electron chi connectivity index (χ3n) is 3.34. The molecular weight excluding hydrogens is 243 g/mol. The van der Waals surface area contributed by atoms with Crippen molar-refractivity contribution in [2.24, 2.45) is 5.73 Å². The van der Waals surface area contributed by atoms with Gasteiger partial charge in [0.1, 0.15) is 5.82 Å². The molecule has 1 aliphatic rings.